The third-order valence-electron chi connectivity index (χ3n) is 6.09. The number of hydrogen-bond acceptors (Lipinski definition) is 3. The number of hydrogen-bond donors (Lipinski definition) is 1. The molecule has 2 aromatic carbocycles. The molecule has 1 aromatic heterocycles. The van der Waals surface area contributed by atoms with Gasteiger partial charge in [0.15, 0.2) is 9.84 Å². The van der Waals surface area contributed by atoms with E-state index in [1.165, 1.54) is 11.5 Å². The molecule has 4 rings (SSSR count). The number of fused-ring (bicyclic) bond motifs is 3. The van der Waals surface area contributed by atoms with Gasteiger partial charge in [0.05, 0.1) is 24.2 Å². The van der Waals surface area contributed by atoms with Gasteiger partial charge < -0.3 is 9.67 Å². The summed E-state index contributed by atoms with van der Waals surface area (Å²) in [7, 11) is -4.17. The van der Waals surface area contributed by atoms with Crippen LogP contribution in [0.5, 0.6) is 0 Å². The number of aryl methyl sites for hydroxylation is 1. The summed E-state index contributed by atoms with van der Waals surface area (Å²) in [5.41, 5.74) is 0.266. The average Bonchev–Trinajstić information content (AvgIpc) is 3.16. The Labute approximate surface area is 205 Å². The average molecular weight is 497 g/mol. The van der Waals surface area contributed by atoms with Crippen molar-refractivity contribution in [3.63, 3.8) is 0 Å². The largest absolute Gasteiger partial charge is 0.481 e. The molecule has 0 saturated carbocycles. The van der Waals surface area contributed by atoms with Gasteiger partial charge in [-0.3, -0.25) is 4.79 Å². The molecule has 1 N–H and O–H groups in total. The lowest BCUT2D eigenvalue weighted by Gasteiger charge is -2.25. The van der Waals surface area contributed by atoms with E-state index in [9.17, 15) is 19.7 Å². The second-order valence-electron chi connectivity index (χ2n) is 8.46. The number of nitrogens with zero attached hydrogens (tertiary/aromatic N) is 1. The summed E-state index contributed by atoms with van der Waals surface area (Å²) >= 11 is 6.13. The monoisotopic (exact) mass is 496 g/mol. The van der Waals surface area contributed by atoms with E-state index in [0.29, 0.717) is 16.1 Å². The first kappa shape index (κ1) is 18.0. The lowest BCUT2D eigenvalue weighted by Crippen LogP contribution is -2.16. The lowest BCUT2D eigenvalue weighted by molar-refractivity contribution is -0.137. The highest BCUT2D eigenvalue weighted by atomic mass is 35.5. The first-order chi connectivity index (χ1) is 17.2. The summed E-state index contributed by atoms with van der Waals surface area (Å²) in [6.45, 7) is 5.76. The van der Waals surface area contributed by atoms with Crippen molar-refractivity contribution in [3.8, 4) is 0 Å². The van der Waals surface area contributed by atoms with Crippen LogP contribution in [0.2, 0.25) is 5.02 Å². The molecule has 0 radical (unpaired) electrons. The standard InChI is InChI=1S/C25H27ClFNO4S/c1-12-9-17(26)6-7-18(12)15(4)28-23-16(10-21(29)30)8-13(2)22(23)19-11-20(27)14(3)25(24(19)28)33(5,31)32/h6-7,9,11,13,15-16H,8,10H2,1-5H3,(H,29,30)/t13?,15?,16-/m1/s1/i8D2,11D,13D,16D. The van der Waals surface area contributed by atoms with Crippen LogP contribution in [0.25, 0.3) is 10.9 Å². The van der Waals surface area contributed by atoms with E-state index in [-0.39, 0.29) is 27.7 Å². The molecule has 2 unspecified atom stereocenters. The predicted octanol–water partition coefficient (Wildman–Crippen LogP) is 6.13. The van der Waals surface area contributed by atoms with E-state index in [2.05, 4.69) is 0 Å². The number of benzene rings is 2. The molecule has 0 aliphatic heterocycles. The summed E-state index contributed by atoms with van der Waals surface area (Å²) < 4.78 is 87.5. The summed E-state index contributed by atoms with van der Waals surface area (Å²) in [6, 6.07) is 3.35. The van der Waals surface area contributed by atoms with Gasteiger partial charge >= 0.3 is 5.97 Å². The summed E-state index contributed by atoms with van der Waals surface area (Å²) in [5, 5.41) is 9.84. The Hall–Kier alpha value is -2.38. The van der Waals surface area contributed by atoms with E-state index >= 15 is 4.39 Å². The molecule has 1 aliphatic carbocycles. The smallest absolute Gasteiger partial charge is 0.304 e. The van der Waals surface area contributed by atoms with Crippen LogP contribution in [-0.2, 0) is 14.6 Å². The zero-order valence-electron chi connectivity index (χ0n) is 23.8. The molecule has 8 heteroatoms. The van der Waals surface area contributed by atoms with Gasteiger partial charge in [-0.2, -0.15) is 0 Å². The van der Waals surface area contributed by atoms with Crippen LogP contribution in [-0.4, -0.2) is 30.3 Å². The maximum Gasteiger partial charge on any atom is 0.304 e. The van der Waals surface area contributed by atoms with E-state index < -0.39 is 63.2 Å². The van der Waals surface area contributed by atoms with Gasteiger partial charge in [0.1, 0.15) is 5.82 Å². The minimum absolute atomic E-state index is 0.153. The van der Waals surface area contributed by atoms with Gasteiger partial charge in [-0.25, -0.2) is 12.8 Å². The highest BCUT2D eigenvalue weighted by molar-refractivity contribution is 7.91. The first-order valence-electron chi connectivity index (χ1n) is 12.8. The first-order valence-corrected chi connectivity index (χ1v) is 12.5. The lowest BCUT2D eigenvalue weighted by atomic mass is 9.97. The Kier molecular flexibility index (Phi) is 4.44. The van der Waals surface area contributed by atoms with Crippen molar-refractivity contribution >= 4 is 38.3 Å². The quantitative estimate of drug-likeness (QED) is 0.461. The van der Waals surface area contributed by atoms with Crippen molar-refractivity contribution in [1.82, 2.24) is 4.57 Å². The van der Waals surface area contributed by atoms with Gasteiger partial charge in [-0.15, -0.1) is 0 Å². The number of carbonyl (C=O) groups is 1. The maximum absolute atomic E-state index is 15.4. The van der Waals surface area contributed by atoms with Gasteiger partial charge in [-0.1, -0.05) is 24.6 Å². The Morgan fingerprint density at radius 1 is 1.45 bits per heavy atom. The normalized spacial score (nSPS) is 27.3. The van der Waals surface area contributed by atoms with E-state index in [1.54, 1.807) is 32.0 Å². The Bertz CT molecular complexity index is 1650. The number of halogens is 2. The van der Waals surface area contributed by atoms with Gasteiger partial charge in [0, 0.05) is 39.3 Å². The molecule has 1 aliphatic rings. The molecular weight excluding hydrogens is 465 g/mol. The number of carboxylic acids is 1. The third-order valence-corrected chi connectivity index (χ3v) is 7.57. The number of sulfone groups is 1. The van der Waals surface area contributed by atoms with Crippen molar-refractivity contribution in [2.45, 2.75) is 63.2 Å². The summed E-state index contributed by atoms with van der Waals surface area (Å²) in [4.78, 5) is 11.5. The van der Waals surface area contributed by atoms with E-state index in [1.807, 2.05) is 0 Å². The van der Waals surface area contributed by atoms with Crippen molar-refractivity contribution in [2.24, 2.45) is 0 Å². The van der Waals surface area contributed by atoms with E-state index in [4.69, 9.17) is 17.1 Å². The van der Waals surface area contributed by atoms with E-state index in [0.717, 1.165) is 13.2 Å². The van der Waals surface area contributed by atoms with Crippen LogP contribution in [0.3, 0.4) is 0 Å². The topological polar surface area (TPSA) is 76.4 Å². The molecule has 5 nitrogen and oxygen atoms in total. The second-order valence-corrected chi connectivity index (χ2v) is 10.8. The third kappa shape index (κ3) is 3.85. The van der Waals surface area contributed by atoms with Gasteiger partial charge in [0.2, 0.25) is 0 Å². The Morgan fingerprint density at radius 3 is 2.70 bits per heavy atom. The Morgan fingerprint density at radius 2 is 2.12 bits per heavy atom. The van der Waals surface area contributed by atoms with Crippen molar-refractivity contribution < 1.29 is 29.6 Å². The number of carboxylic acid groups (broad SMARTS) is 1. The highest BCUT2D eigenvalue weighted by Gasteiger charge is 2.39. The highest BCUT2D eigenvalue weighted by Crippen LogP contribution is 2.51. The second kappa shape index (κ2) is 8.13. The molecule has 0 spiro atoms. The zero-order chi connectivity index (χ0) is 28.9. The molecule has 0 bridgehead atoms. The predicted molar refractivity (Wildman–Crippen MR) is 128 cm³/mol. The molecule has 1 heterocycles. The SMILES string of the molecule is [2H]c1c(F)c(C)c(S(C)(=O)=O)c2c1c1c(n2C(C)c2ccc(Cl)cc2C)[C@@]([2H])(CC(=O)O)C([2H])([2H])C1([2H])C. The van der Waals surface area contributed by atoms with Crippen LogP contribution >= 0.6 is 11.6 Å². The fraction of sp³-hybridized carbons (Fsp3) is 0.400. The molecule has 0 fully saturated rings. The molecule has 3 aromatic rings. The molecule has 33 heavy (non-hydrogen) atoms. The maximum atomic E-state index is 15.4. The number of aliphatic carboxylic acids is 1. The number of aromatic nitrogens is 1. The minimum atomic E-state index is -4.17. The Balaban J connectivity index is 2.38. The number of rotatable bonds is 5. The van der Waals surface area contributed by atoms with Gasteiger partial charge in [0.25, 0.3) is 0 Å². The van der Waals surface area contributed by atoms with Crippen molar-refractivity contribution in [1.29, 1.82) is 0 Å². The van der Waals surface area contributed by atoms with Crippen LogP contribution in [0.15, 0.2) is 29.1 Å². The molecule has 3 atom stereocenters. The zero-order valence-corrected chi connectivity index (χ0v) is 20.4. The van der Waals surface area contributed by atoms with Crippen LogP contribution in [0, 0.1) is 19.7 Å². The molecule has 0 saturated heterocycles. The van der Waals surface area contributed by atoms with Crippen molar-refractivity contribution in [3.05, 3.63) is 63.0 Å². The van der Waals surface area contributed by atoms with Crippen LogP contribution in [0.4, 0.5) is 4.39 Å². The summed E-state index contributed by atoms with van der Waals surface area (Å²) in [5.74, 6) is -7.56. The molecular formula is C25H27ClFNO4S. The fourth-order valence-electron chi connectivity index (χ4n) is 4.79. The van der Waals surface area contributed by atoms with Crippen LogP contribution in [0.1, 0.15) is 79.3 Å². The molecule has 0 amide bonds. The summed E-state index contributed by atoms with van der Waals surface area (Å²) in [6.07, 6.45) is -2.98. The fourth-order valence-corrected chi connectivity index (χ4v) is 6.22. The van der Waals surface area contributed by atoms with Crippen LogP contribution < -0.4 is 0 Å². The minimum Gasteiger partial charge on any atom is -0.481 e. The molecule has 176 valence electrons. The van der Waals surface area contributed by atoms with Gasteiger partial charge in [-0.05, 0) is 67.9 Å². The van der Waals surface area contributed by atoms with Crippen molar-refractivity contribution in [2.75, 3.05) is 6.26 Å².